The van der Waals surface area contributed by atoms with E-state index < -0.39 is 29.6 Å². The highest BCUT2D eigenvalue weighted by Crippen LogP contribution is 2.55. The Labute approximate surface area is 218 Å². The summed E-state index contributed by atoms with van der Waals surface area (Å²) in [5.41, 5.74) is -0.558. The summed E-state index contributed by atoms with van der Waals surface area (Å²) in [5, 5.41) is 8.65. The van der Waals surface area contributed by atoms with Gasteiger partial charge >= 0.3 is 0 Å². The molecule has 0 radical (unpaired) electrons. The number of hydrogen-bond acceptors (Lipinski definition) is 5. The Kier molecular flexibility index (Phi) is 6.14. The van der Waals surface area contributed by atoms with Crippen LogP contribution in [0.4, 0.5) is 5.69 Å². The highest BCUT2D eigenvalue weighted by molar-refractivity contribution is 7.09. The van der Waals surface area contributed by atoms with Crippen molar-refractivity contribution >= 4 is 46.3 Å². The van der Waals surface area contributed by atoms with E-state index in [2.05, 4.69) is 10.6 Å². The number of anilines is 1. The molecule has 5 atom stereocenters. The Morgan fingerprint density at radius 2 is 1.89 bits per heavy atom. The molecular weight excluding hydrogens is 498 g/mol. The SMILES string of the molecule is O=C(Nc1ccc(Cl)cc1)C1[C@H]2C=CC3(O2)C(C(=O)NC2CCCCC2)N(Cc2cccs2)C(=O)[C@@H]13. The van der Waals surface area contributed by atoms with Crippen molar-refractivity contribution in [1.82, 2.24) is 10.2 Å². The van der Waals surface area contributed by atoms with Gasteiger partial charge in [-0.15, -0.1) is 11.3 Å². The standard InChI is InChI=1S/C27H28ClN3O4S/c28-16-8-10-18(11-9-16)29-24(32)21-20-12-13-27(35-20)22(21)26(34)31(15-19-7-4-14-36-19)23(27)25(33)30-17-5-2-1-3-6-17/h4,7-14,17,20-23H,1-3,5-6,15H2,(H,29,32)(H,30,33)/t20-,21?,22-,23?,27?/m1/s1. The molecule has 7 nitrogen and oxygen atoms in total. The van der Waals surface area contributed by atoms with E-state index in [9.17, 15) is 14.4 Å². The van der Waals surface area contributed by atoms with Gasteiger partial charge in [0.15, 0.2) is 0 Å². The minimum Gasteiger partial charge on any atom is -0.359 e. The van der Waals surface area contributed by atoms with Gasteiger partial charge in [0.25, 0.3) is 0 Å². The summed E-state index contributed by atoms with van der Waals surface area (Å²) in [7, 11) is 0. The van der Waals surface area contributed by atoms with Crippen molar-refractivity contribution in [3.8, 4) is 0 Å². The van der Waals surface area contributed by atoms with Crippen molar-refractivity contribution in [2.24, 2.45) is 11.8 Å². The fourth-order valence-corrected chi connectivity index (χ4v) is 7.12. The molecule has 2 aromatic rings. The topological polar surface area (TPSA) is 87.7 Å². The van der Waals surface area contributed by atoms with E-state index in [1.54, 1.807) is 40.5 Å². The van der Waals surface area contributed by atoms with Gasteiger partial charge in [0.05, 0.1) is 24.5 Å². The molecule has 188 valence electrons. The van der Waals surface area contributed by atoms with E-state index in [0.29, 0.717) is 17.3 Å². The van der Waals surface area contributed by atoms with Gasteiger partial charge in [-0.2, -0.15) is 0 Å². The fraction of sp³-hybridized carbons (Fsp3) is 0.444. The quantitative estimate of drug-likeness (QED) is 0.555. The van der Waals surface area contributed by atoms with Crippen molar-refractivity contribution in [1.29, 1.82) is 0 Å². The maximum atomic E-state index is 14.0. The molecule has 4 aliphatic rings. The molecule has 2 N–H and O–H groups in total. The summed E-state index contributed by atoms with van der Waals surface area (Å²) in [6.45, 7) is 0.310. The zero-order valence-electron chi connectivity index (χ0n) is 19.7. The number of carbonyl (C=O) groups excluding carboxylic acids is 3. The molecule has 9 heteroatoms. The Hall–Kier alpha value is -2.68. The number of fused-ring (bicyclic) bond motifs is 1. The summed E-state index contributed by atoms with van der Waals surface area (Å²) in [6.07, 6.45) is 8.39. The predicted molar refractivity (Wildman–Crippen MR) is 137 cm³/mol. The van der Waals surface area contributed by atoms with Gasteiger partial charge in [-0.3, -0.25) is 14.4 Å². The van der Waals surface area contributed by atoms with E-state index in [4.69, 9.17) is 16.3 Å². The van der Waals surface area contributed by atoms with Crippen LogP contribution in [-0.4, -0.2) is 46.4 Å². The number of hydrogen-bond donors (Lipinski definition) is 2. The van der Waals surface area contributed by atoms with Crippen molar-refractivity contribution in [2.75, 3.05) is 5.32 Å². The van der Waals surface area contributed by atoms with Crippen LogP contribution in [0.15, 0.2) is 53.9 Å². The largest absolute Gasteiger partial charge is 0.359 e. The van der Waals surface area contributed by atoms with Crippen LogP contribution >= 0.6 is 22.9 Å². The fourth-order valence-electron chi connectivity index (χ4n) is 6.29. The first-order chi connectivity index (χ1) is 17.5. The van der Waals surface area contributed by atoms with Gasteiger partial charge in [-0.25, -0.2) is 0 Å². The molecule has 2 bridgehead atoms. The minimum absolute atomic E-state index is 0.104. The summed E-state index contributed by atoms with van der Waals surface area (Å²) >= 11 is 7.52. The highest BCUT2D eigenvalue weighted by atomic mass is 35.5. The van der Waals surface area contributed by atoms with Crippen LogP contribution in [0.5, 0.6) is 0 Å². The number of halogens is 1. The molecule has 6 rings (SSSR count). The Morgan fingerprint density at radius 1 is 1.11 bits per heavy atom. The van der Waals surface area contributed by atoms with Crippen LogP contribution in [-0.2, 0) is 25.7 Å². The Bertz CT molecular complexity index is 1190. The molecule has 2 saturated heterocycles. The number of nitrogens with one attached hydrogen (secondary N) is 2. The van der Waals surface area contributed by atoms with E-state index in [1.807, 2.05) is 29.7 Å². The second kappa shape index (κ2) is 9.32. The third-order valence-electron chi connectivity index (χ3n) is 7.89. The lowest BCUT2D eigenvalue weighted by Crippen LogP contribution is -2.56. The third kappa shape index (κ3) is 3.96. The first kappa shape index (κ1) is 23.7. The van der Waals surface area contributed by atoms with Crippen LogP contribution in [0.25, 0.3) is 0 Å². The third-order valence-corrected chi connectivity index (χ3v) is 9.01. The first-order valence-electron chi connectivity index (χ1n) is 12.5. The van der Waals surface area contributed by atoms with Crippen LogP contribution in [0, 0.1) is 11.8 Å². The Balaban J connectivity index is 1.31. The van der Waals surface area contributed by atoms with Crippen LogP contribution in [0.1, 0.15) is 37.0 Å². The van der Waals surface area contributed by atoms with Gasteiger partial charge in [0.1, 0.15) is 11.6 Å². The average Bonchev–Trinajstić information content (AvgIpc) is 3.64. The zero-order chi connectivity index (χ0) is 24.9. The molecule has 3 unspecified atom stereocenters. The van der Waals surface area contributed by atoms with Crippen LogP contribution in [0.3, 0.4) is 0 Å². The highest BCUT2D eigenvalue weighted by Gasteiger charge is 2.72. The molecule has 4 heterocycles. The maximum Gasteiger partial charge on any atom is 0.246 e. The number of rotatable bonds is 6. The van der Waals surface area contributed by atoms with Crippen molar-refractivity contribution in [3.05, 3.63) is 63.8 Å². The number of thiophene rings is 1. The number of benzene rings is 1. The van der Waals surface area contributed by atoms with Crippen molar-refractivity contribution in [3.63, 3.8) is 0 Å². The van der Waals surface area contributed by atoms with E-state index >= 15 is 0 Å². The molecule has 1 aromatic carbocycles. The number of nitrogens with zero attached hydrogens (tertiary/aromatic N) is 1. The molecule has 3 amide bonds. The second-order valence-electron chi connectivity index (χ2n) is 10.1. The van der Waals surface area contributed by atoms with E-state index in [1.165, 1.54) is 6.42 Å². The molecule has 3 fully saturated rings. The lowest BCUT2D eigenvalue weighted by atomic mass is 9.74. The number of likely N-dealkylation sites (tertiary alicyclic amines) is 1. The molecule has 1 aliphatic carbocycles. The number of ether oxygens (including phenoxy) is 1. The monoisotopic (exact) mass is 525 g/mol. The van der Waals surface area contributed by atoms with Crippen molar-refractivity contribution in [2.45, 2.75) is 62.4 Å². The molecule has 36 heavy (non-hydrogen) atoms. The van der Waals surface area contributed by atoms with E-state index in [0.717, 1.165) is 30.6 Å². The van der Waals surface area contributed by atoms with Crippen LogP contribution in [0.2, 0.25) is 5.02 Å². The second-order valence-corrected chi connectivity index (χ2v) is 11.6. The van der Waals surface area contributed by atoms with Gasteiger partial charge in [-0.05, 0) is 48.6 Å². The van der Waals surface area contributed by atoms with Crippen molar-refractivity contribution < 1.29 is 19.1 Å². The zero-order valence-corrected chi connectivity index (χ0v) is 21.3. The molecule has 3 aliphatic heterocycles. The minimum atomic E-state index is -1.15. The predicted octanol–water partition coefficient (Wildman–Crippen LogP) is 4.14. The lowest BCUT2D eigenvalue weighted by Gasteiger charge is -2.34. The summed E-state index contributed by atoms with van der Waals surface area (Å²) in [4.78, 5) is 43.8. The smallest absolute Gasteiger partial charge is 0.246 e. The van der Waals surface area contributed by atoms with E-state index in [-0.39, 0.29) is 23.8 Å². The molecule has 1 aromatic heterocycles. The summed E-state index contributed by atoms with van der Waals surface area (Å²) in [6, 6.07) is 10.0. The van der Waals surface area contributed by atoms with Gasteiger partial charge in [0.2, 0.25) is 17.7 Å². The summed E-state index contributed by atoms with van der Waals surface area (Å²) in [5.74, 6) is -2.19. The number of amides is 3. The lowest BCUT2D eigenvalue weighted by molar-refractivity contribution is -0.142. The normalized spacial score (nSPS) is 31.0. The maximum absolute atomic E-state index is 14.0. The first-order valence-corrected chi connectivity index (χ1v) is 13.8. The number of carbonyl (C=O) groups is 3. The Morgan fingerprint density at radius 3 is 2.61 bits per heavy atom. The average molecular weight is 526 g/mol. The van der Waals surface area contributed by atoms with Gasteiger partial charge in [-0.1, -0.05) is 49.1 Å². The summed E-state index contributed by atoms with van der Waals surface area (Å²) < 4.78 is 6.40. The molecule has 1 spiro atoms. The van der Waals surface area contributed by atoms with Gasteiger partial charge in [0, 0.05) is 21.6 Å². The van der Waals surface area contributed by atoms with Crippen LogP contribution < -0.4 is 10.6 Å². The van der Waals surface area contributed by atoms with Gasteiger partial charge < -0.3 is 20.3 Å². The molecular formula is C27H28ClN3O4S. The molecule has 1 saturated carbocycles.